The second-order valence-corrected chi connectivity index (χ2v) is 7.13. The van der Waals surface area contributed by atoms with Crippen molar-refractivity contribution in [1.29, 1.82) is 0 Å². The van der Waals surface area contributed by atoms with Crippen LogP contribution >= 0.6 is 0 Å². The van der Waals surface area contributed by atoms with E-state index in [2.05, 4.69) is 41.8 Å². The summed E-state index contributed by atoms with van der Waals surface area (Å²) in [6.07, 6.45) is 4.23. The zero-order valence-corrected chi connectivity index (χ0v) is 16.6. The number of nitrogens with zero attached hydrogens (tertiary/aromatic N) is 1. The van der Waals surface area contributed by atoms with Crippen molar-refractivity contribution >= 4 is 5.96 Å². The van der Waals surface area contributed by atoms with Crippen LogP contribution < -0.4 is 10.6 Å². The summed E-state index contributed by atoms with van der Waals surface area (Å²) in [4.78, 5) is 4.77. The fourth-order valence-electron chi connectivity index (χ4n) is 3.73. The van der Waals surface area contributed by atoms with Crippen molar-refractivity contribution < 1.29 is 14.2 Å². The Labute approximate surface area is 162 Å². The molecule has 0 aliphatic carbocycles. The number of nitrogens with one attached hydrogen (secondary N) is 2. The minimum absolute atomic E-state index is 0.344. The Balaban J connectivity index is 1.50. The van der Waals surface area contributed by atoms with Crippen molar-refractivity contribution in [1.82, 2.24) is 10.6 Å². The molecular formula is C21H33N3O3. The minimum Gasteiger partial charge on any atom is -0.379 e. The highest BCUT2D eigenvalue weighted by Crippen LogP contribution is 2.34. The lowest BCUT2D eigenvalue weighted by atomic mass is 9.96. The molecule has 0 spiro atoms. The number of ether oxygens (including phenoxy) is 3. The lowest BCUT2D eigenvalue weighted by molar-refractivity contribution is 0.0453. The van der Waals surface area contributed by atoms with Gasteiger partial charge in [-0.25, -0.2) is 4.99 Å². The second-order valence-electron chi connectivity index (χ2n) is 7.13. The van der Waals surface area contributed by atoms with E-state index >= 15 is 0 Å². The summed E-state index contributed by atoms with van der Waals surface area (Å²) in [5, 5.41) is 6.91. The fourth-order valence-corrected chi connectivity index (χ4v) is 3.73. The van der Waals surface area contributed by atoms with E-state index in [1.165, 1.54) is 17.5 Å². The number of guanidine groups is 1. The van der Waals surface area contributed by atoms with E-state index in [0.29, 0.717) is 44.6 Å². The van der Waals surface area contributed by atoms with E-state index in [1.807, 2.05) is 6.92 Å². The lowest BCUT2D eigenvalue weighted by Crippen LogP contribution is -2.47. The molecule has 6 heteroatoms. The van der Waals surface area contributed by atoms with Gasteiger partial charge in [0.1, 0.15) is 0 Å². The molecule has 2 aliphatic heterocycles. The van der Waals surface area contributed by atoms with Crippen LogP contribution in [0, 0.1) is 0 Å². The Hall–Kier alpha value is -1.63. The van der Waals surface area contributed by atoms with Gasteiger partial charge < -0.3 is 24.8 Å². The molecule has 2 heterocycles. The SMILES string of the molecule is CCNC(=NCc1cccc(COCCOCC)c1)NC1CC2CCC1O2. The number of rotatable bonds is 10. The number of fused-ring (bicyclic) bond motifs is 2. The average molecular weight is 376 g/mol. The van der Waals surface area contributed by atoms with Gasteiger partial charge in [-0.2, -0.15) is 0 Å². The van der Waals surface area contributed by atoms with E-state index in [4.69, 9.17) is 19.2 Å². The summed E-state index contributed by atoms with van der Waals surface area (Å²) in [5.74, 6) is 0.872. The van der Waals surface area contributed by atoms with Crippen LogP contribution in [0.15, 0.2) is 29.3 Å². The largest absolute Gasteiger partial charge is 0.379 e. The molecule has 27 heavy (non-hydrogen) atoms. The minimum atomic E-state index is 0.344. The summed E-state index contributed by atoms with van der Waals surface area (Å²) in [6, 6.07) is 8.80. The van der Waals surface area contributed by atoms with E-state index < -0.39 is 0 Å². The van der Waals surface area contributed by atoms with Crippen LogP contribution in [-0.2, 0) is 27.4 Å². The fraction of sp³-hybridized carbons (Fsp3) is 0.667. The first kappa shape index (κ1) is 20.1. The standard InChI is InChI=1S/C21H33N3O3/c1-3-22-21(24-19-13-18-8-9-20(19)27-18)23-14-16-6-5-7-17(12-16)15-26-11-10-25-4-2/h5-7,12,18-20H,3-4,8-11,13-15H2,1-2H3,(H2,22,23,24). The summed E-state index contributed by atoms with van der Waals surface area (Å²) in [7, 11) is 0. The van der Waals surface area contributed by atoms with Crippen LogP contribution in [0.2, 0.25) is 0 Å². The van der Waals surface area contributed by atoms with Crippen molar-refractivity contribution in [2.75, 3.05) is 26.4 Å². The van der Waals surface area contributed by atoms with Gasteiger partial charge in [-0.05, 0) is 44.2 Å². The van der Waals surface area contributed by atoms with E-state index in [1.54, 1.807) is 0 Å². The molecular weight excluding hydrogens is 342 g/mol. The first-order valence-electron chi connectivity index (χ1n) is 10.2. The third kappa shape index (κ3) is 6.19. The van der Waals surface area contributed by atoms with Gasteiger partial charge >= 0.3 is 0 Å². The molecule has 2 fully saturated rings. The maximum Gasteiger partial charge on any atom is 0.191 e. The van der Waals surface area contributed by atoms with Crippen LogP contribution in [0.5, 0.6) is 0 Å². The molecule has 0 amide bonds. The molecule has 3 atom stereocenters. The Morgan fingerprint density at radius 2 is 2.04 bits per heavy atom. The molecule has 1 aromatic rings. The van der Waals surface area contributed by atoms with Crippen molar-refractivity contribution in [2.45, 2.75) is 64.5 Å². The first-order chi connectivity index (χ1) is 13.3. The Kier molecular flexibility index (Phi) is 7.93. The Morgan fingerprint density at radius 3 is 2.78 bits per heavy atom. The number of aliphatic imine (C=N–C) groups is 1. The monoisotopic (exact) mass is 375 g/mol. The normalized spacial score (nSPS) is 24.4. The highest BCUT2D eigenvalue weighted by molar-refractivity contribution is 5.80. The summed E-state index contributed by atoms with van der Waals surface area (Å²) in [5.41, 5.74) is 2.35. The van der Waals surface area contributed by atoms with E-state index in [0.717, 1.165) is 32.0 Å². The molecule has 1 aromatic carbocycles. The van der Waals surface area contributed by atoms with E-state index in [-0.39, 0.29) is 0 Å². The molecule has 2 saturated heterocycles. The van der Waals surface area contributed by atoms with Crippen LogP contribution in [0.4, 0.5) is 0 Å². The van der Waals surface area contributed by atoms with Crippen LogP contribution in [-0.4, -0.2) is 50.6 Å². The molecule has 0 radical (unpaired) electrons. The maximum absolute atomic E-state index is 5.94. The van der Waals surface area contributed by atoms with Gasteiger partial charge in [-0.3, -0.25) is 0 Å². The van der Waals surface area contributed by atoms with Gasteiger partial charge in [0.15, 0.2) is 5.96 Å². The van der Waals surface area contributed by atoms with Gasteiger partial charge in [-0.15, -0.1) is 0 Å². The third-order valence-corrected chi connectivity index (χ3v) is 5.03. The molecule has 2 N–H and O–H groups in total. The molecule has 2 bridgehead atoms. The second kappa shape index (κ2) is 10.6. The van der Waals surface area contributed by atoms with Crippen molar-refractivity contribution in [3.63, 3.8) is 0 Å². The Bertz CT molecular complexity index is 608. The molecule has 2 aliphatic rings. The molecule has 150 valence electrons. The smallest absolute Gasteiger partial charge is 0.191 e. The number of benzene rings is 1. The first-order valence-corrected chi connectivity index (χ1v) is 10.2. The van der Waals surface area contributed by atoms with Gasteiger partial charge in [0.2, 0.25) is 0 Å². The van der Waals surface area contributed by atoms with Crippen molar-refractivity contribution in [2.24, 2.45) is 4.99 Å². The van der Waals surface area contributed by atoms with Crippen LogP contribution in [0.1, 0.15) is 44.2 Å². The summed E-state index contributed by atoms with van der Waals surface area (Å²) >= 11 is 0. The van der Waals surface area contributed by atoms with Crippen molar-refractivity contribution in [3.8, 4) is 0 Å². The Morgan fingerprint density at radius 1 is 1.19 bits per heavy atom. The van der Waals surface area contributed by atoms with Crippen molar-refractivity contribution in [3.05, 3.63) is 35.4 Å². The predicted octanol–water partition coefficient (Wildman–Crippen LogP) is 2.61. The topological polar surface area (TPSA) is 64.1 Å². The zero-order chi connectivity index (χ0) is 18.9. The van der Waals surface area contributed by atoms with E-state index in [9.17, 15) is 0 Å². The lowest BCUT2D eigenvalue weighted by Gasteiger charge is -2.22. The van der Waals surface area contributed by atoms with Crippen LogP contribution in [0.25, 0.3) is 0 Å². The molecule has 3 unspecified atom stereocenters. The van der Waals surface area contributed by atoms with Gasteiger partial charge in [0, 0.05) is 13.2 Å². The van der Waals surface area contributed by atoms with Gasteiger partial charge in [0.25, 0.3) is 0 Å². The maximum atomic E-state index is 5.94. The average Bonchev–Trinajstić information content (AvgIpc) is 3.30. The summed E-state index contributed by atoms with van der Waals surface area (Å²) in [6.45, 7) is 8.17. The van der Waals surface area contributed by atoms with Gasteiger partial charge in [-0.1, -0.05) is 24.3 Å². The van der Waals surface area contributed by atoms with Crippen LogP contribution in [0.3, 0.4) is 0 Å². The molecule has 0 saturated carbocycles. The predicted molar refractivity (Wildman–Crippen MR) is 107 cm³/mol. The highest BCUT2D eigenvalue weighted by atomic mass is 16.5. The number of hydrogen-bond donors (Lipinski definition) is 2. The molecule has 6 nitrogen and oxygen atoms in total. The van der Waals surface area contributed by atoms with Gasteiger partial charge in [0.05, 0.1) is 44.6 Å². The third-order valence-electron chi connectivity index (χ3n) is 5.03. The number of hydrogen-bond acceptors (Lipinski definition) is 4. The molecule has 0 aromatic heterocycles. The molecule has 3 rings (SSSR count). The highest BCUT2D eigenvalue weighted by Gasteiger charge is 2.41. The summed E-state index contributed by atoms with van der Waals surface area (Å²) < 4.78 is 16.9. The quantitative estimate of drug-likeness (QED) is 0.374. The zero-order valence-electron chi connectivity index (χ0n) is 16.6.